The van der Waals surface area contributed by atoms with Crippen molar-refractivity contribution in [3.63, 3.8) is 0 Å². The highest BCUT2D eigenvalue weighted by Gasteiger charge is 2.34. The summed E-state index contributed by atoms with van der Waals surface area (Å²) in [5.74, 6) is 0.690. The topological polar surface area (TPSA) is 83.0 Å². The van der Waals surface area contributed by atoms with Gasteiger partial charge in [0.15, 0.2) is 9.89 Å². The van der Waals surface area contributed by atoms with Gasteiger partial charge >= 0.3 is 5.97 Å². The van der Waals surface area contributed by atoms with Gasteiger partial charge in [-0.25, -0.2) is 9.79 Å². The fraction of sp³-hybridized carbons (Fsp3) is 0.233. The highest BCUT2D eigenvalue weighted by molar-refractivity contribution is 9.10. The molecule has 0 amide bonds. The third-order valence-electron chi connectivity index (χ3n) is 6.29. The first-order valence-electron chi connectivity index (χ1n) is 12.9. The van der Waals surface area contributed by atoms with E-state index in [1.807, 2.05) is 61.5 Å². The Kier molecular flexibility index (Phi) is 9.38. The van der Waals surface area contributed by atoms with Crippen molar-refractivity contribution in [2.45, 2.75) is 42.7 Å². The van der Waals surface area contributed by atoms with Crippen LogP contribution in [0.5, 0.6) is 5.75 Å². The molecule has 212 valence electrons. The van der Waals surface area contributed by atoms with Gasteiger partial charge < -0.3 is 13.9 Å². The van der Waals surface area contributed by atoms with Crippen molar-refractivity contribution in [1.82, 2.24) is 4.57 Å². The number of furan rings is 1. The molecule has 41 heavy (non-hydrogen) atoms. The first-order valence-corrected chi connectivity index (χ1v) is 16.1. The molecule has 0 N–H and O–H groups in total. The zero-order valence-corrected chi connectivity index (χ0v) is 27.3. The van der Waals surface area contributed by atoms with Crippen molar-refractivity contribution in [3.05, 3.63) is 106 Å². The van der Waals surface area contributed by atoms with Gasteiger partial charge in [0.25, 0.3) is 5.56 Å². The van der Waals surface area contributed by atoms with Crippen LogP contribution >= 0.6 is 55.0 Å². The molecule has 1 aliphatic rings. The van der Waals surface area contributed by atoms with Crippen molar-refractivity contribution >= 4 is 67.0 Å². The van der Waals surface area contributed by atoms with Crippen LogP contribution < -0.4 is 19.6 Å². The second kappa shape index (κ2) is 13.0. The lowest BCUT2D eigenvalue weighted by atomic mass is 9.94. The highest BCUT2D eigenvalue weighted by Crippen LogP contribution is 2.37. The van der Waals surface area contributed by atoms with E-state index >= 15 is 0 Å². The van der Waals surface area contributed by atoms with Crippen LogP contribution in [0.25, 0.3) is 6.08 Å². The molecule has 0 fully saturated rings. The Morgan fingerprint density at radius 3 is 2.61 bits per heavy atom. The number of thiazole rings is 1. The van der Waals surface area contributed by atoms with Crippen LogP contribution in [-0.2, 0) is 9.53 Å². The Morgan fingerprint density at radius 2 is 1.93 bits per heavy atom. The molecule has 2 aromatic carbocycles. The number of ether oxygens (including phenoxy) is 2. The molecule has 3 heterocycles. The van der Waals surface area contributed by atoms with Crippen LogP contribution in [-0.4, -0.2) is 24.3 Å². The minimum atomic E-state index is -0.719. The number of fused-ring (bicyclic) bond motifs is 1. The minimum absolute atomic E-state index is 0.210. The van der Waals surface area contributed by atoms with E-state index in [1.165, 1.54) is 23.1 Å². The number of rotatable bonds is 9. The molecular formula is C30H26Br2N2O5S2. The Morgan fingerprint density at radius 1 is 1.15 bits per heavy atom. The van der Waals surface area contributed by atoms with Crippen molar-refractivity contribution in [1.29, 1.82) is 0 Å². The Bertz CT molecular complexity index is 1810. The second-order valence-corrected chi connectivity index (χ2v) is 12.8. The molecule has 4 aromatic rings. The maximum Gasteiger partial charge on any atom is 0.338 e. The zero-order valence-electron chi connectivity index (χ0n) is 22.5. The molecule has 1 aliphatic heterocycles. The number of benzene rings is 2. The summed E-state index contributed by atoms with van der Waals surface area (Å²) in [4.78, 5) is 33.7. The molecule has 2 aromatic heterocycles. The van der Waals surface area contributed by atoms with Gasteiger partial charge in [-0.3, -0.25) is 9.36 Å². The summed E-state index contributed by atoms with van der Waals surface area (Å²) in [5.41, 5.74) is 1.46. The molecule has 0 spiro atoms. The van der Waals surface area contributed by atoms with Gasteiger partial charge in [-0.1, -0.05) is 60.7 Å². The SMILES string of the molecule is CCCC1=C(C(=O)OCC)[C@H](c2ccc(OC)c(Br)c2)n2c(s/c(=C/c3cc(Br)c(Sc4ccccc4)o3)c2=O)=N1. The minimum Gasteiger partial charge on any atom is -0.496 e. The molecule has 11 heteroatoms. The summed E-state index contributed by atoms with van der Waals surface area (Å²) in [7, 11) is 1.59. The van der Waals surface area contributed by atoms with Crippen LogP contribution in [0.3, 0.4) is 0 Å². The Balaban J connectivity index is 1.66. The average molecular weight is 718 g/mol. The predicted molar refractivity (Wildman–Crippen MR) is 167 cm³/mol. The van der Waals surface area contributed by atoms with E-state index in [0.717, 1.165) is 21.4 Å². The molecule has 0 unspecified atom stereocenters. The lowest BCUT2D eigenvalue weighted by molar-refractivity contribution is -0.139. The third kappa shape index (κ3) is 6.18. The van der Waals surface area contributed by atoms with Gasteiger partial charge in [0.05, 0.1) is 44.5 Å². The largest absolute Gasteiger partial charge is 0.496 e. The fourth-order valence-electron chi connectivity index (χ4n) is 4.52. The lowest BCUT2D eigenvalue weighted by Gasteiger charge is -2.26. The van der Waals surface area contributed by atoms with Crippen molar-refractivity contribution in [2.24, 2.45) is 4.99 Å². The first-order chi connectivity index (χ1) is 19.8. The number of carbonyl (C=O) groups is 1. The zero-order chi connectivity index (χ0) is 29.1. The molecule has 5 rings (SSSR count). The number of methoxy groups -OCH3 is 1. The second-order valence-electron chi connectivity index (χ2n) is 9.01. The standard InChI is InChI=1S/C30H26Br2N2O5S2/c1-4-9-22-25(28(36)38-5-2)26(17-12-13-23(37-3)20(31)14-17)34-27(35)24(41-30(34)33-22)16-18-15-21(32)29(39-18)40-19-10-7-6-8-11-19/h6-8,10-16,26H,4-5,9H2,1-3H3/b24-16+/t26-/m0/s1. The van der Waals surface area contributed by atoms with Crippen molar-refractivity contribution in [2.75, 3.05) is 13.7 Å². The molecule has 0 radical (unpaired) electrons. The highest BCUT2D eigenvalue weighted by atomic mass is 79.9. The summed E-state index contributed by atoms with van der Waals surface area (Å²) in [6.45, 7) is 4.00. The van der Waals surface area contributed by atoms with Crippen LogP contribution in [0, 0.1) is 0 Å². The molecule has 0 saturated carbocycles. The lowest BCUT2D eigenvalue weighted by Crippen LogP contribution is -2.40. The van der Waals surface area contributed by atoms with Gasteiger partial charge in [-0.05, 0) is 81.1 Å². The maximum absolute atomic E-state index is 14.0. The van der Waals surface area contributed by atoms with E-state index in [2.05, 4.69) is 31.9 Å². The van der Waals surface area contributed by atoms with E-state index in [-0.39, 0.29) is 12.2 Å². The van der Waals surface area contributed by atoms with Gasteiger partial charge in [0.1, 0.15) is 11.5 Å². The van der Waals surface area contributed by atoms with E-state index in [4.69, 9.17) is 18.9 Å². The summed E-state index contributed by atoms with van der Waals surface area (Å²) >= 11 is 9.89. The molecule has 0 saturated heterocycles. The number of nitrogens with zero attached hydrogens (tertiary/aromatic N) is 2. The molecule has 7 nitrogen and oxygen atoms in total. The van der Waals surface area contributed by atoms with Crippen LogP contribution in [0.2, 0.25) is 0 Å². The average Bonchev–Trinajstić information content (AvgIpc) is 3.46. The van der Waals surface area contributed by atoms with Gasteiger partial charge in [0.2, 0.25) is 0 Å². The fourth-order valence-corrected chi connectivity index (χ4v) is 7.43. The number of hydrogen-bond donors (Lipinski definition) is 0. The molecule has 1 atom stereocenters. The number of aromatic nitrogens is 1. The first kappa shape index (κ1) is 29.6. The number of halogens is 2. The molecular weight excluding hydrogens is 692 g/mol. The Labute approximate surface area is 261 Å². The van der Waals surface area contributed by atoms with E-state index in [9.17, 15) is 9.59 Å². The van der Waals surface area contributed by atoms with E-state index in [1.54, 1.807) is 24.7 Å². The number of carbonyl (C=O) groups excluding carboxylic acids is 1. The van der Waals surface area contributed by atoms with E-state index in [0.29, 0.717) is 48.1 Å². The van der Waals surface area contributed by atoms with Crippen molar-refractivity contribution < 1.29 is 18.7 Å². The van der Waals surface area contributed by atoms with Gasteiger partial charge in [0, 0.05) is 11.0 Å². The van der Waals surface area contributed by atoms with Gasteiger partial charge in [-0.15, -0.1) is 0 Å². The predicted octanol–water partition coefficient (Wildman–Crippen LogP) is 6.86. The molecule has 0 bridgehead atoms. The number of esters is 1. The summed E-state index contributed by atoms with van der Waals surface area (Å²) < 4.78 is 20.5. The summed E-state index contributed by atoms with van der Waals surface area (Å²) in [6, 6.07) is 16.6. The van der Waals surface area contributed by atoms with Gasteiger partial charge in [-0.2, -0.15) is 0 Å². The normalized spacial score (nSPS) is 15.0. The van der Waals surface area contributed by atoms with Crippen LogP contribution in [0.1, 0.15) is 44.1 Å². The number of allylic oxidation sites excluding steroid dienone is 1. The van der Waals surface area contributed by atoms with E-state index < -0.39 is 12.0 Å². The number of hydrogen-bond acceptors (Lipinski definition) is 8. The smallest absolute Gasteiger partial charge is 0.338 e. The summed E-state index contributed by atoms with van der Waals surface area (Å²) in [6.07, 6.45) is 3.06. The van der Waals surface area contributed by atoms with Crippen LogP contribution in [0.4, 0.5) is 0 Å². The quantitative estimate of drug-likeness (QED) is 0.176. The van der Waals surface area contributed by atoms with Crippen LogP contribution in [0.15, 0.2) is 99.0 Å². The molecule has 0 aliphatic carbocycles. The Hall–Kier alpha value is -2.86. The third-order valence-corrected chi connectivity index (χ3v) is 9.74. The monoisotopic (exact) mass is 716 g/mol. The maximum atomic E-state index is 14.0. The van der Waals surface area contributed by atoms with Crippen molar-refractivity contribution in [3.8, 4) is 5.75 Å². The summed E-state index contributed by atoms with van der Waals surface area (Å²) in [5, 5.41) is 0.686.